The average molecular weight is 179 g/mol. The number of pyridine rings is 1. The van der Waals surface area contributed by atoms with Crippen molar-refractivity contribution in [2.45, 2.75) is 26.7 Å². The number of nitrogens with zero attached hydrogens (tertiary/aromatic N) is 1. The Labute approximate surface area is 80.6 Å². The van der Waals surface area contributed by atoms with Crippen molar-refractivity contribution in [2.75, 3.05) is 18.0 Å². The number of hydrogen-bond donors (Lipinski definition) is 0. The van der Waals surface area contributed by atoms with E-state index in [1.807, 2.05) is 12.4 Å². The van der Waals surface area contributed by atoms with Crippen LogP contribution in [0.25, 0.3) is 0 Å². The van der Waals surface area contributed by atoms with Gasteiger partial charge in [-0.25, -0.2) is 4.98 Å². The first-order valence-corrected chi connectivity index (χ1v) is 5.09. The summed E-state index contributed by atoms with van der Waals surface area (Å²) in [6, 6.07) is 4.26. The van der Waals surface area contributed by atoms with Crippen molar-refractivity contribution in [1.82, 2.24) is 0 Å². The van der Waals surface area contributed by atoms with Gasteiger partial charge in [0.2, 0.25) is 0 Å². The minimum absolute atomic E-state index is 1.15. The van der Waals surface area contributed by atoms with Gasteiger partial charge in [-0.2, -0.15) is 0 Å². The fraction of sp³-hybridized carbons (Fsp3) is 0.545. The maximum absolute atomic E-state index is 3.05. The Bertz CT molecular complexity index is 215. The molecule has 0 amide bonds. The summed E-state index contributed by atoms with van der Waals surface area (Å²) < 4.78 is 0. The second-order valence-electron chi connectivity index (χ2n) is 3.25. The van der Waals surface area contributed by atoms with Gasteiger partial charge in [0.05, 0.1) is 0 Å². The lowest BCUT2D eigenvalue weighted by molar-refractivity contribution is -0.377. The topological polar surface area (TPSA) is 17.4 Å². The van der Waals surface area contributed by atoms with Gasteiger partial charge in [-0.05, 0) is 12.8 Å². The Morgan fingerprint density at radius 2 is 1.62 bits per heavy atom. The van der Waals surface area contributed by atoms with Crippen LogP contribution < -0.4 is 9.88 Å². The first-order valence-electron chi connectivity index (χ1n) is 5.09. The Balaban J connectivity index is 2.64. The number of aromatic nitrogens is 1. The molecule has 0 saturated heterocycles. The molecule has 0 fully saturated rings. The molecule has 72 valence electrons. The summed E-state index contributed by atoms with van der Waals surface area (Å²) in [7, 11) is 0. The fourth-order valence-corrected chi connectivity index (χ4v) is 1.50. The third-order valence-corrected chi connectivity index (χ3v) is 2.05. The second-order valence-corrected chi connectivity index (χ2v) is 3.25. The maximum atomic E-state index is 3.05. The van der Waals surface area contributed by atoms with Gasteiger partial charge in [-0.1, -0.05) is 13.8 Å². The monoisotopic (exact) mass is 179 g/mol. The van der Waals surface area contributed by atoms with Gasteiger partial charge in [0, 0.05) is 30.9 Å². The molecule has 1 N–H and O–H groups in total. The van der Waals surface area contributed by atoms with Gasteiger partial charge in [0.15, 0.2) is 12.4 Å². The summed E-state index contributed by atoms with van der Waals surface area (Å²) in [6.07, 6.45) is 6.37. The number of anilines is 1. The van der Waals surface area contributed by atoms with Gasteiger partial charge in [-0.3, -0.25) is 0 Å². The largest absolute Gasteiger partial charge is 0.371 e. The quantitative estimate of drug-likeness (QED) is 0.677. The van der Waals surface area contributed by atoms with E-state index in [2.05, 4.69) is 35.9 Å². The van der Waals surface area contributed by atoms with E-state index < -0.39 is 0 Å². The normalized spacial score (nSPS) is 10.0. The van der Waals surface area contributed by atoms with Crippen LogP contribution in [0.4, 0.5) is 5.69 Å². The molecule has 0 aliphatic heterocycles. The maximum Gasteiger partial charge on any atom is 0.169 e. The van der Waals surface area contributed by atoms with Crippen molar-refractivity contribution < 1.29 is 4.98 Å². The molecule has 0 aromatic carbocycles. The first-order chi connectivity index (χ1) is 6.38. The molecule has 2 nitrogen and oxygen atoms in total. The highest BCUT2D eigenvalue weighted by Gasteiger charge is 2.03. The molecule has 0 spiro atoms. The highest BCUT2D eigenvalue weighted by molar-refractivity contribution is 5.43. The van der Waals surface area contributed by atoms with Crippen LogP contribution in [-0.2, 0) is 0 Å². The van der Waals surface area contributed by atoms with Gasteiger partial charge in [0.1, 0.15) is 0 Å². The zero-order valence-electron chi connectivity index (χ0n) is 8.59. The number of nitrogens with one attached hydrogen (secondary N) is 1. The highest BCUT2D eigenvalue weighted by atomic mass is 15.1. The van der Waals surface area contributed by atoms with Crippen LogP contribution in [-0.4, -0.2) is 13.1 Å². The molecule has 0 aliphatic carbocycles. The van der Waals surface area contributed by atoms with E-state index in [1.165, 1.54) is 18.5 Å². The summed E-state index contributed by atoms with van der Waals surface area (Å²) >= 11 is 0. The molecule has 0 unspecified atom stereocenters. The van der Waals surface area contributed by atoms with Gasteiger partial charge >= 0.3 is 0 Å². The van der Waals surface area contributed by atoms with Crippen LogP contribution in [0.5, 0.6) is 0 Å². The Hall–Kier alpha value is -1.05. The summed E-state index contributed by atoms with van der Waals surface area (Å²) in [6.45, 7) is 6.74. The van der Waals surface area contributed by atoms with Crippen LogP contribution in [0.1, 0.15) is 26.7 Å². The van der Waals surface area contributed by atoms with Crippen molar-refractivity contribution in [3.05, 3.63) is 24.5 Å². The molecule has 0 atom stereocenters. The molecular weight excluding hydrogens is 160 g/mol. The first kappa shape index (κ1) is 10.0. The minimum atomic E-state index is 1.15. The molecule has 13 heavy (non-hydrogen) atoms. The third-order valence-electron chi connectivity index (χ3n) is 2.05. The Kier molecular flexibility index (Phi) is 4.30. The van der Waals surface area contributed by atoms with E-state index in [-0.39, 0.29) is 0 Å². The number of rotatable bonds is 5. The van der Waals surface area contributed by atoms with Gasteiger partial charge in [0.25, 0.3) is 0 Å². The smallest absolute Gasteiger partial charge is 0.169 e. The van der Waals surface area contributed by atoms with E-state index >= 15 is 0 Å². The molecule has 1 aromatic rings. The Morgan fingerprint density at radius 3 is 2.08 bits per heavy atom. The summed E-state index contributed by atoms with van der Waals surface area (Å²) in [5.74, 6) is 0. The van der Waals surface area contributed by atoms with Gasteiger partial charge in [-0.15, -0.1) is 0 Å². The van der Waals surface area contributed by atoms with E-state index in [1.54, 1.807) is 0 Å². The van der Waals surface area contributed by atoms with Crippen molar-refractivity contribution in [3.8, 4) is 0 Å². The number of H-pyrrole nitrogens is 1. The van der Waals surface area contributed by atoms with Crippen molar-refractivity contribution in [1.29, 1.82) is 0 Å². The number of hydrogen-bond acceptors (Lipinski definition) is 1. The molecule has 1 rings (SSSR count). The predicted octanol–water partition coefficient (Wildman–Crippen LogP) is 2.13. The molecule has 2 heteroatoms. The fourth-order valence-electron chi connectivity index (χ4n) is 1.50. The standard InChI is InChI=1S/C11H18N2/c1-3-9-13(10-4-2)11-5-7-12-8-6-11/h5-8H,3-4,9-10H2,1-2H3/p+1. The SMILES string of the molecule is CCCN(CCC)c1cc[nH+]cc1. The summed E-state index contributed by atoms with van der Waals surface area (Å²) in [5, 5.41) is 0. The predicted molar refractivity (Wildman–Crippen MR) is 55.8 cm³/mol. The summed E-state index contributed by atoms with van der Waals surface area (Å²) in [5.41, 5.74) is 1.32. The average Bonchev–Trinajstić information content (AvgIpc) is 2.19. The van der Waals surface area contributed by atoms with Crippen LogP contribution in [0.3, 0.4) is 0 Å². The van der Waals surface area contributed by atoms with Crippen molar-refractivity contribution in [2.24, 2.45) is 0 Å². The molecular formula is C11H19N2+. The van der Waals surface area contributed by atoms with Crippen LogP contribution in [0.15, 0.2) is 24.5 Å². The van der Waals surface area contributed by atoms with E-state index in [0.29, 0.717) is 0 Å². The van der Waals surface area contributed by atoms with E-state index in [0.717, 1.165) is 13.1 Å². The molecule has 0 aliphatic rings. The van der Waals surface area contributed by atoms with Crippen molar-refractivity contribution in [3.63, 3.8) is 0 Å². The molecule has 1 aromatic heterocycles. The second kappa shape index (κ2) is 5.57. The lowest BCUT2D eigenvalue weighted by Crippen LogP contribution is -2.25. The lowest BCUT2D eigenvalue weighted by atomic mass is 10.3. The van der Waals surface area contributed by atoms with Gasteiger partial charge < -0.3 is 4.90 Å². The van der Waals surface area contributed by atoms with Crippen LogP contribution in [0.2, 0.25) is 0 Å². The highest BCUT2D eigenvalue weighted by Crippen LogP contribution is 2.11. The van der Waals surface area contributed by atoms with Crippen LogP contribution >= 0.6 is 0 Å². The third kappa shape index (κ3) is 3.05. The molecule has 0 saturated carbocycles. The zero-order valence-corrected chi connectivity index (χ0v) is 8.59. The molecule has 1 heterocycles. The summed E-state index contributed by atoms with van der Waals surface area (Å²) in [4.78, 5) is 5.47. The zero-order chi connectivity index (χ0) is 9.52. The van der Waals surface area contributed by atoms with Crippen LogP contribution in [0, 0.1) is 0 Å². The Morgan fingerprint density at radius 1 is 1.08 bits per heavy atom. The van der Waals surface area contributed by atoms with Crippen molar-refractivity contribution >= 4 is 5.69 Å². The minimum Gasteiger partial charge on any atom is -0.371 e. The van der Waals surface area contributed by atoms with E-state index in [4.69, 9.17) is 0 Å². The molecule has 0 radical (unpaired) electrons. The lowest BCUT2D eigenvalue weighted by Gasteiger charge is -2.22. The van der Waals surface area contributed by atoms with E-state index in [9.17, 15) is 0 Å². The molecule has 0 bridgehead atoms. The number of aromatic amines is 1.